The number of nitrogens with zero attached hydrogens (tertiary/aromatic N) is 2. The van der Waals surface area contributed by atoms with Gasteiger partial charge in [0, 0.05) is 12.3 Å². The lowest BCUT2D eigenvalue weighted by atomic mass is 10.3. The van der Waals surface area contributed by atoms with Gasteiger partial charge in [-0.2, -0.15) is 0 Å². The number of carbonyl (C=O) groups is 1. The van der Waals surface area contributed by atoms with Crippen LogP contribution in [0.5, 0.6) is 17.2 Å². The van der Waals surface area contributed by atoms with Crippen LogP contribution in [0.3, 0.4) is 0 Å². The Morgan fingerprint density at radius 1 is 1.19 bits per heavy atom. The van der Waals surface area contributed by atoms with E-state index in [9.17, 15) is 4.79 Å². The molecule has 0 radical (unpaired) electrons. The van der Waals surface area contributed by atoms with Gasteiger partial charge in [0.2, 0.25) is 0 Å². The summed E-state index contributed by atoms with van der Waals surface area (Å²) >= 11 is 0. The zero-order valence-electron chi connectivity index (χ0n) is 11.6. The van der Waals surface area contributed by atoms with Crippen LogP contribution in [0.1, 0.15) is 16.2 Å². The molecule has 7 heteroatoms. The number of ether oxygens (including phenoxy) is 3. The second-order valence-electron chi connectivity index (χ2n) is 3.97. The van der Waals surface area contributed by atoms with E-state index in [0.717, 1.165) is 0 Å². The second kappa shape index (κ2) is 6.56. The summed E-state index contributed by atoms with van der Waals surface area (Å²) in [4.78, 5) is 18.6. The van der Waals surface area contributed by atoms with Gasteiger partial charge in [-0.1, -0.05) is 0 Å². The zero-order chi connectivity index (χ0) is 15.2. The Labute approximate surface area is 121 Å². The van der Waals surface area contributed by atoms with Gasteiger partial charge < -0.3 is 19.3 Å². The van der Waals surface area contributed by atoms with E-state index in [-0.39, 0.29) is 12.3 Å². The predicted octanol–water partition coefficient (Wildman–Crippen LogP) is 1.77. The predicted molar refractivity (Wildman–Crippen MR) is 72.9 cm³/mol. The summed E-state index contributed by atoms with van der Waals surface area (Å²) in [5.41, 5.74) is 0.526. The van der Waals surface area contributed by atoms with Crippen molar-refractivity contribution in [2.75, 3.05) is 14.2 Å². The van der Waals surface area contributed by atoms with Crippen molar-refractivity contribution >= 4 is 5.97 Å². The van der Waals surface area contributed by atoms with Crippen LogP contribution in [-0.4, -0.2) is 35.3 Å². The minimum absolute atomic E-state index is 0.0422. The Balaban J connectivity index is 2.11. The van der Waals surface area contributed by atoms with Gasteiger partial charge in [-0.05, 0) is 12.1 Å². The first-order valence-corrected chi connectivity index (χ1v) is 6.03. The molecular weight excluding hydrogens is 276 g/mol. The lowest BCUT2D eigenvalue weighted by Gasteiger charge is -2.12. The fourth-order valence-corrected chi connectivity index (χ4v) is 1.70. The largest absolute Gasteiger partial charge is 0.493 e. The average molecular weight is 290 g/mol. The SMILES string of the molecule is COc1ccnc(COc2ccc(C(=O)O)nc2)c1OC. The van der Waals surface area contributed by atoms with E-state index >= 15 is 0 Å². The van der Waals surface area contributed by atoms with Crippen molar-refractivity contribution in [3.05, 3.63) is 42.0 Å². The number of carboxylic acid groups (broad SMARTS) is 1. The summed E-state index contributed by atoms with van der Waals surface area (Å²) in [6.45, 7) is 0.147. The van der Waals surface area contributed by atoms with E-state index < -0.39 is 5.97 Å². The van der Waals surface area contributed by atoms with Crippen LogP contribution in [0.4, 0.5) is 0 Å². The molecule has 2 rings (SSSR count). The summed E-state index contributed by atoms with van der Waals surface area (Å²) in [6, 6.07) is 4.59. The lowest BCUT2D eigenvalue weighted by molar-refractivity contribution is 0.0690. The van der Waals surface area contributed by atoms with Crippen LogP contribution in [0.25, 0.3) is 0 Å². The molecule has 21 heavy (non-hydrogen) atoms. The summed E-state index contributed by atoms with van der Waals surface area (Å²) in [6.07, 6.45) is 2.93. The van der Waals surface area contributed by atoms with Gasteiger partial charge in [-0.25, -0.2) is 9.78 Å². The molecule has 7 nitrogen and oxygen atoms in total. The van der Waals surface area contributed by atoms with Crippen molar-refractivity contribution in [2.45, 2.75) is 6.61 Å². The van der Waals surface area contributed by atoms with Crippen LogP contribution in [0.15, 0.2) is 30.6 Å². The molecule has 0 fully saturated rings. The van der Waals surface area contributed by atoms with Gasteiger partial charge in [0.05, 0.1) is 20.4 Å². The van der Waals surface area contributed by atoms with Crippen molar-refractivity contribution in [1.82, 2.24) is 9.97 Å². The van der Waals surface area contributed by atoms with E-state index in [2.05, 4.69) is 9.97 Å². The number of carboxylic acids is 1. The molecule has 0 unspecified atom stereocenters. The Hall–Kier alpha value is -2.83. The fourth-order valence-electron chi connectivity index (χ4n) is 1.70. The van der Waals surface area contributed by atoms with Crippen molar-refractivity contribution in [1.29, 1.82) is 0 Å². The Bertz CT molecular complexity index is 628. The molecule has 2 aromatic rings. The second-order valence-corrected chi connectivity index (χ2v) is 3.97. The van der Waals surface area contributed by atoms with Crippen LogP contribution in [0.2, 0.25) is 0 Å². The fraction of sp³-hybridized carbons (Fsp3) is 0.214. The molecule has 0 aliphatic carbocycles. The van der Waals surface area contributed by atoms with E-state index in [1.807, 2.05) is 0 Å². The van der Waals surface area contributed by atoms with E-state index in [4.69, 9.17) is 19.3 Å². The molecule has 0 aliphatic heterocycles. The smallest absolute Gasteiger partial charge is 0.354 e. The lowest BCUT2D eigenvalue weighted by Crippen LogP contribution is -2.04. The first kappa shape index (κ1) is 14.6. The molecule has 0 aromatic carbocycles. The van der Waals surface area contributed by atoms with Crippen molar-refractivity contribution in [3.63, 3.8) is 0 Å². The topological polar surface area (TPSA) is 90.8 Å². The number of aromatic nitrogens is 2. The monoisotopic (exact) mass is 290 g/mol. The Morgan fingerprint density at radius 2 is 2.00 bits per heavy atom. The molecular formula is C14H14N2O5. The van der Waals surface area contributed by atoms with Gasteiger partial charge >= 0.3 is 5.97 Å². The molecule has 0 spiro atoms. The molecule has 1 N–H and O–H groups in total. The molecule has 0 aliphatic rings. The van der Waals surface area contributed by atoms with Crippen molar-refractivity contribution in [3.8, 4) is 17.2 Å². The molecule has 2 heterocycles. The van der Waals surface area contributed by atoms with Gasteiger partial charge in [0.25, 0.3) is 0 Å². The molecule has 0 amide bonds. The minimum Gasteiger partial charge on any atom is -0.493 e. The summed E-state index contributed by atoms with van der Waals surface area (Å²) < 4.78 is 15.9. The molecule has 0 bridgehead atoms. The number of hydrogen-bond donors (Lipinski definition) is 1. The number of pyridine rings is 2. The number of methoxy groups -OCH3 is 2. The molecule has 2 aromatic heterocycles. The first-order valence-electron chi connectivity index (χ1n) is 6.03. The van der Waals surface area contributed by atoms with Crippen LogP contribution in [-0.2, 0) is 6.61 Å². The molecule has 0 saturated heterocycles. The van der Waals surface area contributed by atoms with Crippen LogP contribution >= 0.6 is 0 Å². The summed E-state index contributed by atoms with van der Waals surface area (Å²) in [5, 5.41) is 8.77. The highest BCUT2D eigenvalue weighted by Gasteiger charge is 2.12. The third-order valence-corrected chi connectivity index (χ3v) is 2.70. The van der Waals surface area contributed by atoms with Gasteiger partial charge in [-0.3, -0.25) is 4.98 Å². The van der Waals surface area contributed by atoms with Crippen LogP contribution in [0, 0.1) is 0 Å². The minimum atomic E-state index is -1.09. The third-order valence-electron chi connectivity index (χ3n) is 2.70. The standard InChI is InChI=1S/C14H14N2O5/c1-19-12-5-6-15-11(13(12)20-2)8-21-9-3-4-10(14(17)18)16-7-9/h3-7H,8H2,1-2H3,(H,17,18). The molecule has 110 valence electrons. The molecule has 0 saturated carbocycles. The third kappa shape index (κ3) is 3.38. The van der Waals surface area contributed by atoms with Crippen LogP contribution < -0.4 is 14.2 Å². The van der Waals surface area contributed by atoms with E-state index in [1.165, 1.54) is 32.5 Å². The summed E-state index contributed by atoms with van der Waals surface area (Å²) in [5.74, 6) is 0.407. The number of aromatic carboxylic acids is 1. The van der Waals surface area contributed by atoms with Crippen molar-refractivity contribution < 1.29 is 24.1 Å². The number of rotatable bonds is 6. The Kier molecular flexibility index (Phi) is 4.55. The van der Waals surface area contributed by atoms with Gasteiger partial charge in [0.15, 0.2) is 11.5 Å². The quantitative estimate of drug-likeness (QED) is 0.866. The number of hydrogen-bond acceptors (Lipinski definition) is 6. The molecule has 0 atom stereocenters. The summed E-state index contributed by atoms with van der Waals surface area (Å²) in [7, 11) is 3.06. The van der Waals surface area contributed by atoms with Gasteiger partial charge in [0.1, 0.15) is 23.7 Å². The first-order chi connectivity index (χ1) is 10.2. The van der Waals surface area contributed by atoms with E-state index in [1.54, 1.807) is 12.3 Å². The van der Waals surface area contributed by atoms with Crippen molar-refractivity contribution in [2.24, 2.45) is 0 Å². The maximum absolute atomic E-state index is 10.7. The van der Waals surface area contributed by atoms with E-state index in [0.29, 0.717) is 22.9 Å². The van der Waals surface area contributed by atoms with Gasteiger partial charge in [-0.15, -0.1) is 0 Å². The maximum Gasteiger partial charge on any atom is 0.354 e. The zero-order valence-corrected chi connectivity index (χ0v) is 11.6. The average Bonchev–Trinajstić information content (AvgIpc) is 2.52. The highest BCUT2D eigenvalue weighted by Crippen LogP contribution is 2.29. The highest BCUT2D eigenvalue weighted by molar-refractivity contribution is 5.85. The Morgan fingerprint density at radius 3 is 2.57 bits per heavy atom. The maximum atomic E-state index is 10.7. The normalized spacial score (nSPS) is 10.0. The highest BCUT2D eigenvalue weighted by atomic mass is 16.5.